The Kier molecular flexibility index (Phi) is 5.82. The summed E-state index contributed by atoms with van der Waals surface area (Å²) in [4.78, 5) is 30.1. The first-order chi connectivity index (χ1) is 17.2. The molecule has 4 N–H and O–H groups in total. The van der Waals surface area contributed by atoms with E-state index in [1.165, 1.54) is 12.7 Å². The Labute approximate surface area is 210 Å². The maximum atomic E-state index is 12.3. The first kappa shape index (κ1) is 23.7. The van der Waals surface area contributed by atoms with E-state index < -0.39 is 11.4 Å². The third kappa shape index (κ3) is 4.58. The van der Waals surface area contributed by atoms with Crippen molar-refractivity contribution in [3.63, 3.8) is 0 Å². The Morgan fingerprint density at radius 3 is 2.64 bits per heavy atom. The average Bonchev–Trinajstić information content (AvgIpc) is 3.54. The van der Waals surface area contributed by atoms with E-state index in [9.17, 15) is 4.79 Å². The van der Waals surface area contributed by atoms with Gasteiger partial charge in [0.05, 0.1) is 5.54 Å². The van der Waals surface area contributed by atoms with E-state index in [0.717, 1.165) is 35.5 Å². The summed E-state index contributed by atoms with van der Waals surface area (Å²) in [5.41, 5.74) is 8.20. The molecule has 0 spiro atoms. The van der Waals surface area contributed by atoms with Gasteiger partial charge in [-0.3, -0.25) is 9.78 Å². The molecule has 3 heterocycles. The molecule has 0 aliphatic heterocycles. The summed E-state index contributed by atoms with van der Waals surface area (Å²) < 4.78 is 1.64. The number of nitrogens with one attached hydrogen (secondary N) is 2. The standard InChI is InChI=1S/C26H31N9O/c1-16-5-6-17(23(27)36)13-26(16,18-9-10-28-20(11-18)25(2,3)4)34-24-31-15-32-35(24)22-12-21(29-14-30-22)33-19-7-8-19/h5-6,9-12,14-15,19H,7-8,13H2,1-4H3,(H2,27,36)(H,29,30,33)(H,31,32,34). The summed E-state index contributed by atoms with van der Waals surface area (Å²) in [5, 5.41) is 11.4. The van der Waals surface area contributed by atoms with Crippen molar-refractivity contribution < 1.29 is 4.79 Å². The van der Waals surface area contributed by atoms with Crippen LogP contribution in [0.2, 0.25) is 0 Å². The lowest BCUT2D eigenvalue weighted by molar-refractivity contribution is -0.114. The van der Waals surface area contributed by atoms with E-state index in [-0.39, 0.29) is 5.41 Å². The lowest BCUT2D eigenvalue weighted by Gasteiger charge is -2.39. The van der Waals surface area contributed by atoms with Gasteiger partial charge in [0.2, 0.25) is 11.9 Å². The number of rotatable bonds is 7. The molecule has 1 saturated carbocycles. The Hall–Kier alpha value is -4.08. The molecule has 0 aromatic carbocycles. The van der Waals surface area contributed by atoms with Crippen LogP contribution in [0.3, 0.4) is 0 Å². The van der Waals surface area contributed by atoms with Gasteiger partial charge in [-0.2, -0.15) is 14.8 Å². The SMILES string of the molecule is CC1=CC=C(C(N)=O)CC1(Nc1ncnn1-c1cc(NC2CC2)ncn1)c1ccnc(C(C)(C)C)c1. The number of nitrogens with zero attached hydrogens (tertiary/aromatic N) is 6. The van der Waals surface area contributed by atoms with Gasteiger partial charge in [-0.05, 0) is 43.0 Å². The normalized spacial score (nSPS) is 19.9. The van der Waals surface area contributed by atoms with Crippen LogP contribution in [-0.4, -0.2) is 41.7 Å². The van der Waals surface area contributed by atoms with Gasteiger partial charge in [-0.1, -0.05) is 32.9 Å². The zero-order valence-electron chi connectivity index (χ0n) is 21.0. The Morgan fingerprint density at radius 1 is 1.11 bits per heavy atom. The van der Waals surface area contributed by atoms with Crippen molar-refractivity contribution in [2.24, 2.45) is 5.73 Å². The fraction of sp³-hybridized carbons (Fsp3) is 0.385. The maximum Gasteiger partial charge on any atom is 0.244 e. The molecule has 2 aliphatic carbocycles. The predicted octanol–water partition coefficient (Wildman–Crippen LogP) is 3.39. The van der Waals surface area contributed by atoms with Gasteiger partial charge in [0.25, 0.3) is 0 Å². The van der Waals surface area contributed by atoms with Gasteiger partial charge in [0, 0.05) is 41.4 Å². The summed E-state index contributed by atoms with van der Waals surface area (Å²) in [7, 11) is 0. The summed E-state index contributed by atoms with van der Waals surface area (Å²) >= 11 is 0. The van der Waals surface area contributed by atoms with Crippen LogP contribution in [0.25, 0.3) is 5.82 Å². The summed E-state index contributed by atoms with van der Waals surface area (Å²) in [6.07, 6.45) is 11.1. The number of anilines is 2. The van der Waals surface area contributed by atoms with Gasteiger partial charge in [-0.15, -0.1) is 0 Å². The molecule has 1 unspecified atom stereocenters. The van der Waals surface area contributed by atoms with Crippen molar-refractivity contribution in [3.8, 4) is 5.82 Å². The minimum absolute atomic E-state index is 0.155. The smallest absolute Gasteiger partial charge is 0.244 e. The third-order valence-electron chi connectivity index (χ3n) is 6.67. The Bertz CT molecular complexity index is 1360. The van der Waals surface area contributed by atoms with E-state index in [0.29, 0.717) is 29.8 Å². The summed E-state index contributed by atoms with van der Waals surface area (Å²) in [5.74, 6) is 1.36. The number of aromatic nitrogens is 6. The van der Waals surface area contributed by atoms with Crippen LogP contribution in [0.4, 0.5) is 11.8 Å². The Balaban J connectivity index is 1.58. The molecule has 3 aromatic heterocycles. The highest BCUT2D eigenvalue weighted by Gasteiger charge is 2.40. The molecule has 10 heteroatoms. The second-order valence-corrected chi connectivity index (χ2v) is 10.5. The van der Waals surface area contributed by atoms with Gasteiger partial charge in [0.15, 0.2) is 5.82 Å². The van der Waals surface area contributed by atoms with Gasteiger partial charge >= 0.3 is 0 Å². The van der Waals surface area contributed by atoms with Crippen molar-refractivity contribution in [1.82, 2.24) is 29.7 Å². The molecule has 2 aliphatic rings. The number of amides is 1. The molecule has 5 rings (SSSR count). The zero-order chi connectivity index (χ0) is 25.5. The van der Waals surface area contributed by atoms with E-state index in [4.69, 9.17) is 5.73 Å². The van der Waals surface area contributed by atoms with E-state index in [2.05, 4.69) is 62.5 Å². The number of carbonyl (C=O) groups excluding carboxylic acids is 1. The van der Waals surface area contributed by atoms with Crippen LogP contribution >= 0.6 is 0 Å². The molecule has 3 aromatic rings. The number of carbonyl (C=O) groups is 1. The van der Waals surface area contributed by atoms with E-state index in [1.807, 2.05) is 25.1 Å². The van der Waals surface area contributed by atoms with Crippen molar-refractivity contribution in [3.05, 3.63) is 71.6 Å². The molecule has 1 atom stereocenters. The molecular formula is C26H31N9O. The first-order valence-electron chi connectivity index (χ1n) is 12.1. The molecule has 1 fully saturated rings. The molecular weight excluding hydrogens is 454 g/mol. The van der Waals surface area contributed by atoms with Gasteiger partial charge in [-0.25, -0.2) is 9.97 Å². The van der Waals surface area contributed by atoms with Crippen LogP contribution in [0, 0.1) is 0 Å². The van der Waals surface area contributed by atoms with Crippen molar-refractivity contribution in [2.75, 3.05) is 10.6 Å². The van der Waals surface area contributed by atoms with Crippen molar-refractivity contribution in [1.29, 1.82) is 0 Å². The van der Waals surface area contributed by atoms with Gasteiger partial charge in [0.1, 0.15) is 18.5 Å². The molecule has 0 radical (unpaired) electrons. The molecule has 0 saturated heterocycles. The quantitative estimate of drug-likeness (QED) is 0.463. The lowest BCUT2D eigenvalue weighted by atomic mass is 9.74. The second-order valence-electron chi connectivity index (χ2n) is 10.5. The number of hydrogen-bond donors (Lipinski definition) is 3. The van der Waals surface area contributed by atoms with Crippen LogP contribution in [-0.2, 0) is 15.7 Å². The fourth-order valence-electron chi connectivity index (χ4n) is 4.34. The number of nitrogens with two attached hydrogens (primary N) is 1. The van der Waals surface area contributed by atoms with Gasteiger partial charge < -0.3 is 16.4 Å². The Morgan fingerprint density at radius 2 is 1.92 bits per heavy atom. The highest BCUT2D eigenvalue weighted by Crippen LogP contribution is 2.42. The lowest BCUT2D eigenvalue weighted by Crippen LogP contribution is -2.41. The summed E-state index contributed by atoms with van der Waals surface area (Å²) in [6, 6.07) is 6.36. The van der Waals surface area contributed by atoms with Crippen molar-refractivity contribution in [2.45, 2.75) is 64.0 Å². The number of primary amides is 1. The second kappa shape index (κ2) is 8.85. The largest absolute Gasteiger partial charge is 0.367 e. The maximum absolute atomic E-state index is 12.3. The molecule has 10 nitrogen and oxygen atoms in total. The monoisotopic (exact) mass is 485 g/mol. The van der Waals surface area contributed by atoms with Crippen LogP contribution in [0.15, 0.2) is 60.3 Å². The number of allylic oxidation sites excluding steroid dienone is 2. The number of hydrogen-bond acceptors (Lipinski definition) is 8. The average molecular weight is 486 g/mol. The summed E-state index contributed by atoms with van der Waals surface area (Å²) in [6.45, 7) is 8.39. The van der Waals surface area contributed by atoms with Crippen molar-refractivity contribution >= 4 is 17.7 Å². The number of pyridine rings is 1. The third-order valence-corrected chi connectivity index (χ3v) is 6.67. The molecule has 186 valence electrons. The van der Waals surface area contributed by atoms with Crippen LogP contribution in [0.1, 0.15) is 58.2 Å². The minimum atomic E-state index is -0.797. The highest BCUT2D eigenvalue weighted by atomic mass is 16.1. The van der Waals surface area contributed by atoms with Crippen LogP contribution < -0.4 is 16.4 Å². The van der Waals surface area contributed by atoms with E-state index >= 15 is 0 Å². The van der Waals surface area contributed by atoms with Crippen LogP contribution in [0.5, 0.6) is 0 Å². The first-order valence-corrected chi connectivity index (χ1v) is 12.1. The molecule has 0 bridgehead atoms. The highest BCUT2D eigenvalue weighted by molar-refractivity contribution is 5.93. The zero-order valence-corrected chi connectivity index (χ0v) is 21.0. The minimum Gasteiger partial charge on any atom is -0.367 e. The van der Waals surface area contributed by atoms with E-state index in [1.54, 1.807) is 17.0 Å². The topological polar surface area (TPSA) is 137 Å². The predicted molar refractivity (Wildman–Crippen MR) is 137 cm³/mol. The fourth-order valence-corrected chi connectivity index (χ4v) is 4.34. The molecule has 36 heavy (non-hydrogen) atoms. The molecule has 1 amide bonds.